The molecule has 2 heterocycles. The lowest BCUT2D eigenvalue weighted by atomic mass is 10.3. The SMILES string of the molecule is O=C(c1ccnc(Cl)n1)N1CCCC1. The summed E-state index contributed by atoms with van der Waals surface area (Å²) in [6, 6.07) is 1.59. The lowest BCUT2D eigenvalue weighted by Gasteiger charge is -2.13. The molecule has 0 bridgehead atoms. The molecule has 14 heavy (non-hydrogen) atoms. The van der Waals surface area contributed by atoms with Crippen LogP contribution in [-0.4, -0.2) is 33.9 Å². The Balaban J connectivity index is 2.17. The molecular weight excluding hydrogens is 202 g/mol. The molecule has 1 amide bonds. The molecule has 0 N–H and O–H groups in total. The number of carbonyl (C=O) groups excluding carboxylic acids is 1. The van der Waals surface area contributed by atoms with Crippen molar-refractivity contribution in [1.29, 1.82) is 0 Å². The molecule has 1 aliphatic heterocycles. The molecule has 0 spiro atoms. The summed E-state index contributed by atoms with van der Waals surface area (Å²) >= 11 is 5.60. The smallest absolute Gasteiger partial charge is 0.272 e. The van der Waals surface area contributed by atoms with Crippen molar-refractivity contribution in [3.8, 4) is 0 Å². The first kappa shape index (κ1) is 9.40. The third-order valence-corrected chi connectivity index (χ3v) is 2.42. The summed E-state index contributed by atoms with van der Waals surface area (Å²) in [6.07, 6.45) is 3.65. The van der Waals surface area contributed by atoms with Gasteiger partial charge in [-0.2, -0.15) is 0 Å². The average Bonchev–Trinajstić information content (AvgIpc) is 2.69. The number of carbonyl (C=O) groups is 1. The zero-order valence-electron chi connectivity index (χ0n) is 7.61. The summed E-state index contributed by atoms with van der Waals surface area (Å²) in [6.45, 7) is 1.64. The maximum atomic E-state index is 11.8. The molecule has 0 aromatic carbocycles. The Morgan fingerprint density at radius 3 is 2.79 bits per heavy atom. The Kier molecular flexibility index (Phi) is 2.63. The van der Waals surface area contributed by atoms with Gasteiger partial charge in [0.15, 0.2) is 0 Å². The maximum absolute atomic E-state index is 11.8. The van der Waals surface area contributed by atoms with Crippen LogP contribution in [0.25, 0.3) is 0 Å². The predicted molar refractivity (Wildman–Crippen MR) is 52.2 cm³/mol. The third-order valence-electron chi connectivity index (χ3n) is 2.24. The highest BCUT2D eigenvalue weighted by Gasteiger charge is 2.20. The van der Waals surface area contributed by atoms with Gasteiger partial charge in [-0.25, -0.2) is 9.97 Å². The van der Waals surface area contributed by atoms with Crippen LogP contribution in [0.5, 0.6) is 0 Å². The van der Waals surface area contributed by atoms with E-state index in [0.29, 0.717) is 5.69 Å². The molecule has 0 saturated carbocycles. The Morgan fingerprint density at radius 2 is 2.14 bits per heavy atom. The highest BCUT2D eigenvalue weighted by atomic mass is 35.5. The number of nitrogens with zero attached hydrogens (tertiary/aromatic N) is 3. The number of hydrogen-bond acceptors (Lipinski definition) is 3. The second-order valence-corrected chi connectivity index (χ2v) is 3.55. The van der Waals surface area contributed by atoms with E-state index in [4.69, 9.17) is 11.6 Å². The van der Waals surface area contributed by atoms with Crippen LogP contribution in [-0.2, 0) is 0 Å². The van der Waals surface area contributed by atoms with Crippen LogP contribution in [0.15, 0.2) is 12.3 Å². The van der Waals surface area contributed by atoms with Gasteiger partial charge < -0.3 is 4.90 Å². The van der Waals surface area contributed by atoms with Crippen molar-refractivity contribution in [1.82, 2.24) is 14.9 Å². The number of amides is 1. The minimum atomic E-state index is -0.0493. The summed E-state index contributed by atoms with van der Waals surface area (Å²) in [5, 5.41) is 0.120. The summed E-state index contributed by atoms with van der Waals surface area (Å²) in [5.41, 5.74) is 0.381. The first-order valence-corrected chi connectivity index (χ1v) is 4.93. The van der Waals surface area contributed by atoms with Crippen LogP contribution >= 0.6 is 11.6 Å². The van der Waals surface area contributed by atoms with Gasteiger partial charge in [0.1, 0.15) is 5.69 Å². The molecule has 1 saturated heterocycles. The fourth-order valence-corrected chi connectivity index (χ4v) is 1.68. The quantitative estimate of drug-likeness (QED) is 0.659. The summed E-state index contributed by atoms with van der Waals surface area (Å²) in [5.74, 6) is -0.0493. The topological polar surface area (TPSA) is 46.1 Å². The maximum Gasteiger partial charge on any atom is 0.272 e. The second-order valence-electron chi connectivity index (χ2n) is 3.21. The van der Waals surface area contributed by atoms with Crippen LogP contribution in [0.1, 0.15) is 23.3 Å². The van der Waals surface area contributed by atoms with E-state index in [-0.39, 0.29) is 11.2 Å². The van der Waals surface area contributed by atoms with Gasteiger partial charge in [-0.15, -0.1) is 0 Å². The Morgan fingerprint density at radius 1 is 1.43 bits per heavy atom. The van der Waals surface area contributed by atoms with E-state index in [2.05, 4.69) is 9.97 Å². The van der Waals surface area contributed by atoms with E-state index in [1.807, 2.05) is 0 Å². The largest absolute Gasteiger partial charge is 0.337 e. The molecule has 0 aliphatic carbocycles. The van der Waals surface area contributed by atoms with Crippen molar-refractivity contribution in [3.05, 3.63) is 23.2 Å². The van der Waals surface area contributed by atoms with E-state index in [1.165, 1.54) is 6.20 Å². The fraction of sp³-hybridized carbons (Fsp3) is 0.444. The summed E-state index contributed by atoms with van der Waals surface area (Å²) in [4.78, 5) is 21.2. The molecule has 1 aromatic heterocycles. The number of aromatic nitrogens is 2. The number of hydrogen-bond donors (Lipinski definition) is 0. The molecule has 2 rings (SSSR count). The predicted octanol–water partition coefficient (Wildman–Crippen LogP) is 1.37. The van der Waals surface area contributed by atoms with Crippen molar-refractivity contribution in [2.45, 2.75) is 12.8 Å². The standard InChI is InChI=1S/C9H10ClN3O/c10-9-11-4-3-7(12-9)8(14)13-5-1-2-6-13/h3-4H,1-2,5-6H2. The normalized spacial score (nSPS) is 15.9. The van der Waals surface area contributed by atoms with Gasteiger partial charge in [-0.1, -0.05) is 0 Å². The number of rotatable bonds is 1. The van der Waals surface area contributed by atoms with E-state index < -0.39 is 0 Å². The monoisotopic (exact) mass is 211 g/mol. The number of halogens is 1. The summed E-state index contributed by atoms with van der Waals surface area (Å²) in [7, 11) is 0. The van der Waals surface area contributed by atoms with Crippen molar-refractivity contribution in [3.63, 3.8) is 0 Å². The zero-order chi connectivity index (χ0) is 9.97. The molecule has 0 atom stereocenters. The van der Waals surface area contributed by atoms with E-state index in [0.717, 1.165) is 25.9 Å². The van der Waals surface area contributed by atoms with Gasteiger partial charge in [0.25, 0.3) is 5.91 Å². The van der Waals surface area contributed by atoms with Gasteiger partial charge in [-0.3, -0.25) is 4.79 Å². The van der Waals surface area contributed by atoms with Crippen molar-refractivity contribution < 1.29 is 4.79 Å². The van der Waals surface area contributed by atoms with Crippen LogP contribution in [0.3, 0.4) is 0 Å². The Bertz CT molecular complexity index is 350. The number of likely N-dealkylation sites (tertiary alicyclic amines) is 1. The average molecular weight is 212 g/mol. The Labute approximate surface area is 86.9 Å². The highest BCUT2D eigenvalue weighted by molar-refractivity contribution is 6.28. The van der Waals surface area contributed by atoms with Crippen molar-refractivity contribution in [2.75, 3.05) is 13.1 Å². The third kappa shape index (κ3) is 1.85. The molecule has 0 unspecified atom stereocenters. The van der Waals surface area contributed by atoms with Gasteiger partial charge in [-0.05, 0) is 30.5 Å². The van der Waals surface area contributed by atoms with E-state index in [1.54, 1.807) is 11.0 Å². The van der Waals surface area contributed by atoms with E-state index in [9.17, 15) is 4.79 Å². The first-order chi connectivity index (χ1) is 6.77. The molecule has 1 aromatic rings. The molecule has 4 nitrogen and oxygen atoms in total. The molecule has 1 fully saturated rings. The van der Waals surface area contributed by atoms with E-state index >= 15 is 0 Å². The van der Waals surface area contributed by atoms with Gasteiger partial charge in [0.2, 0.25) is 5.28 Å². The molecule has 5 heteroatoms. The highest BCUT2D eigenvalue weighted by Crippen LogP contribution is 2.11. The fourth-order valence-electron chi connectivity index (χ4n) is 1.54. The van der Waals surface area contributed by atoms with Gasteiger partial charge in [0.05, 0.1) is 0 Å². The van der Waals surface area contributed by atoms with Crippen molar-refractivity contribution >= 4 is 17.5 Å². The lowest BCUT2D eigenvalue weighted by Crippen LogP contribution is -2.28. The second kappa shape index (κ2) is 3.92. The first-order valence-electron chi connectivity index (χ1n) is 4.55. The van der Waals surface area contributed by atoms with Gasteiger partial charge in [0, 0.05) is 19.3 Å². The van der Waals surface area contributed by atoms with Crippen LogP contribution in [0, 0.1) is 0 Å². The lowest BCUT2D eigenvalue weighted by molar-refractivity contribution is 0.0787. The Hall–Kier alpha value is -1.16. The summed E-state index contributed by atoms with van der Waals surface area (Å²) < 4.78 is 0. The zero-order valence-corrected chi connectivity index (χ0v) is 8.37. The van der Waals surface area contributed by atoms with Gasteiger partial charge >= 0.3 is 0 Å². The minimum absolute atomic E-state index is 0.0493. The van der Waals surface area contributed by atoms with Crippen molar-refractivity contribution in [2.24, 2.45) is 0 Å². The van der Waals surface area contributed by atoms with Crippen LogP contribution in [0.4, 0.5) is 0 Å². The molecule has 1 aliphatic rings. The van der Waals surface area contributed by atoms with Crippen LogP contribution < -0.4 is 0 Å². The molecular formula is C9H10ClN3O. The molecule has 74 valence electrons. The van der Waals surface area contributed by atoms with Crippen LogP contribution in [0.2, 0.25) is 5.28 Å². The molecule has 0 radical (unpaired) electrons. The minimum Gasteiger partial charge on any atom is -0.337 e.